The van der Waals surface area contributed by atoms with Gasteiger partial charge in [0, 0.05) is 12.1 Å². The minimum absolute atomic E-state index is 0.00309. The molecule has 1 unspecified atom stereocenters. The fourth-order valence-electron chi connectivity index (χ4n) is 3.25. The molecular weight excluding hydrogens is 345 g/mol. The molecule has 0 aliphatic carbocycles. The van der Waals surface area contributed by atoms with Crippen LogP contribution in [0.3, 0.4) is 0 Å². The van der Waals surface area contributed by atoms with E-state index >= 15 is 0 Å². The highest BCUT2D eigenvalue weighted by molar-refractivity contribution is 5.94. The average molecular weight is 366 g/mol. The summed E-state index contributed by atoms with van der Waals surface area (Å²) >= 11 is 0. The van der Waals surface area contributed by atoms with Crippen LogP contribution >= 0.6 is 0 Å². The molecule has 1 N–H and O–H groups in total. The van der Waals surface area contributed by atoms with E-state index in [2.05, 4.69) is 10.2 Å². The standard InChI is InChI=1S/C19H21F3N2O2/c20-19(21,22)15-7-4-6-14(12-15)18(25)23-13-16(17-8-5-11-26-17)24-9-2-1-3-10-24/h4-8,11-12,16H,1-3,9-10,13H2,(H,23,25). The van der Waals surface area contributed by atoms with Crippen LogP contribution in [0.2, 0.25) is 0 Å². The molecule has 4 nitrogen and oxygen atoms in total. The van der Waals surface area contributed by atoms with Gasteiger partial charge in [-0.15, -0.1) is 0 Å². The van der Waals surface area contributed by atoms with Crippen molar-refractivity contribution in [1.29, 1.82) is 0 Å². The number of benzene rings is 1. The Morgan fingerprint density at radius 1 is 1.15 bits per heavy atom. The number of carbonyl (C=O) groups excluding carboxylic acids is 1. The molecule has 0 spiro atoms. The van der Waals surface area contributed by atoms with Gasteiger partial charge >= 0.3 is 6.18 Å². The first kappa shape index (κ1) is 18.5. The van der Waals surface area contributed by atoms with Crippen LogP contribution in [0, 0.1) is 0 Å². The van der Waals surface area contributed by atoms with E-state index in [0.29, 0.717) is 0 Å². The topological polar surface area (TPSA) is 45.5 Å². The van der Waals surface area contributed by atoms with E-state index in [-0.39, 0.29) is 18.2 Å². The summed E-state index contributed by atoms with van der Waals surface area (Å²) in [5, 5.41) is 2.76. The minimum atomic E-state index is -4.47. The van der Waals surface area contributed by atoms with Crippen molar-refractivity contribution in [3.63, 3.8) is 0 Å². The highest BCUT2D eigenvalue weighted by atomic mass is 19.4. The second-order valence-electron chi connectivity index (χ2n) is 6.42. The number of nitrogens with zero attached hydrogens (tertiary/aromatic N) is 1. The number of halogens is 3. The highest BCUT2D eigenvalue weighted by Crippen LogP contribution is 2.29. The summed E-state index contributed by atoms with van der Waals surface area (Å²) in [7, 11) is 0. The number of hydrogen-bond acceptors (Lipinski definition) is 3. The largest absolute Gasteiger partial charge is 0.468 e. The summed E-state index contributed by atoms with van der Waals surface area (Å²) < 4.78 is 44.0. The van der Waals surface area contributed by atoms with Crippen LogP contribution in [-0.4, -0.2) is 30.4 Å². The first-order chi connectivity index (χ1) is 12.4. The van der Waals surface area contributed by atoms with E-state index in [1.165, 1.54) is 18.6 Å². The molecule has 1 aliphatic heterocycles. The molecule has 2 heterocycles. The van der Waals surface area contributed by atoms with Gasteiger partial charge in [0.2, 0.25) is 0 Å². The fraction of sp³-hybridized carbons (Fsp3) is 0.421. The van der Waals surface area contributed by atoms with Crippen molar-refractivity contribution in [2.75, 3.05) is 19.6 Å². The number of amides is 1. The number of nitrogens with one attached hydrogen (secondary N) is 1. The number of furan rings is 1. The van der Waals surface area contributed by atoms with E-state index < -0.39 is 17.6 Å². The Morgan fingerprint density at radius 3 is 2.58 bits per heavy atom. The van der Waals surface area contributed by atoms with E-state index in [1.54, 1.807) is 12.3 Å². The van der Waals surface area contributed by atoms with Crippen LogP contribution in [0.4, 0.5) is 13.2 Å². The van der Waals surface area contributed by atoms with Crippen molar-refractivity contribution in [3.8, 4) is 0 Å². The Labute approximate surface area is 150 Å². The third kappa shape index (κ3) is 4.46. The SMILES string of the molecule is O=C(NCC(c1ccco1)N1CCCCC1)c1cccc(C(F)(F)F)c1. The van der Waals surface area contributed by atoms with Crippen molar-refractivity contribution in [1.82, 2.24) is 10.2 Å². The quantitative estimate of drug-likeness (QED) is 0.860. The van der Waals surface area contributed by atoms with Crippen LogP contribution in [0.5, 0.6) is 0 Å². The van der Waals surface area contributed by atoms with Crippen LogP contribution in [-0.2, 0) is 6.18 Å². The summed E-state index contributed by atoms with van der Waals surface area (Å²) in [5.41, 5.74) is -0.833. The van der Waals surface area contributed by atoms with Crippen molar-refractivity contribution in [3.05, 3.63) is 59.5 Å². The van der Waals surface area contributed by atoms with Crippen molar-refractivity contribution in [2.24, 2.45) is 0 Å². The van der Waals surface area contributed by atoms with Crippen LogP contribution in [0.15, 0.2) is 47.1 Å². The molecule has 1 saturated heterocycles. The third-order valence-corrected chi connectivity index (χ3v) is 4.61. The molecule has 1 aromatic heterocycles. The lowest BCUT2D eigenvalue weighted by Crippen LogP contribution is -2.40. The molecule has 1 fully saturated rings. The van der Waals surface area contributed by atoms with E-state index in [0.717, 1.165) is 43.8 Å². The number of hydrogen-bond donors (Lipinski definition) is 1. The third-order valence-electron chi connectivity index (χ3n) is 4.61. The van der Waals surface area contributed by atoms with Crippen molar-refractivity contribution < 1.29 is 22.4 Å². The van der Waals surface area contributed by atoms with Gasteiger partial charge in [0.25, 0.3) is 5.91 Å². The molecule has 1 atom stereocenters. The second kappa shape index (κ2) is 7.95. The van der Waals surface area contributed by atoms with Gasteiger partial charge in [-0.25, -0.2) is 0 Å². The lowest BCUT2D eigenvalue weighted by molar-refractivity contribution is -0.137. The maximum atomic E-state index is 12.8. The van der Waals surface area contributed by atoms with E-state index in [1.807, 2.05) is 6.07 Å². The lowest BCUT2D eigenvalue weighted by atomic mass is 10.1. The monoisotopic (exact) mass is 366 g/mol. The van der Waals surface area contributed by atoms with E-state index in [4.69, 9.17) is 4.42 Å². The molecule has 3 rings (SSSR count). The van der Waals surface area contributed by atoms with E-state index in [9.17, 15) is 18.0 Å². The van der Waals surface area contributed by atoms with Crippen LogP contribution in [0.25, 0.3) is 0 Å². The summed E-state index contributed by atoms with van der Waals surface area (Å²) in [4.78, 5) is 14.6. The first-order valence-electron chi connectivity index (χ1n) is 8.68. The molecule has 0 saturated carbocycles. The van der Waals surface area contributed by atoms with Gasteiger partial charge in [-0.2, -0.15) is 13.2 Å². The Hall–Kier alpha value is -2.28. The number of rotatable bonds is 5. The Kier molecular flexibility index (Phi) is 5.66. The molecule has 7 heteroatoms. The zero-order valence-corrected chi connectivity index (χ0v) is 14.3. The summed E-state index contributed by atoms with van der Waals surface area (Å²) in [6, 6.07) is 7.98. The summed E-state index contributed by atoms with van der Waals surface area (Å²) in [6.07, 6.45) is 0.456. The lowest BCUT2D eigenvalue weighted by Gasteiger charge is -2.33. The molecular formula is C19H21F3N2O2. The number of piperidine rings is 1. The number of likely N-dealkylation sites (tertiary alicyclic amines) is 1. The molecule has 0 bridgehead atoms. The molecule has 26 heavy (non-hydrogen) atoms. The maximum Gasteiger partial charge on any atom is 0.416 e. The van der Waals surface area contributed by atoms with Gasteiger partial charge in [0.1, 0.15) is 5.76 Å². The smallest absolute Gasteiger partial charge is 0.416 e. The molecule has 1 aliphatic rings. The molecule has 140 valence electrons. The molecule has 1 aromatic carbocycles. The van der Waals surface area contributed by atoms with Gasteiger partial charge in [-0.3, -0.25) is 9.69 Å². The normalized spacial score (nSPS) is 17.0. The Balaban J connectivity index is 1.70. The predicted molar refractivity (Wildman–Crippen MR) is 90.7 cm³/mol. The van der Waals surface area contributed by atoms with Gasteiger partial charge in [-0.05, 0) is 56.3 Å². The number of alkyl halides is 3. The van der Waals surface area contributed by atoms with Gasteiger partial charge in [-0.1, -0.05) is 12.5 Å². The minimum Gasteiger partial charge on any atom is -0.468 e. The van der Waals surface area contributed by atoms with Gasteiger partial charge < -0.3 is 9.73 Å². The highest BCUT2D eigenvalue weighted by Gasteiger charge is 2.31. The summed E-state index contributed by atoms with van der Waals surface area (Å²) in [5.74, 6) is 0.223. The Bertz CT molecular complexity index is 723. The van der Waals surface area contributed by atoms with Crippen LogP contribution in [0.1, 0.15) is 47.0 Å². The zero-order chi connectivity index (χ0) is 18.6. The molecule has 1 amide bonds. The van der Waals surface area contributed by atoms with Gasteiger partial charge in [0.15, 0.2) is 0 Å². The van der Waals surface area contributed by atoms with Crippen molar-refractivity contribution in [2.45, 2.75) is 31.5 Å². The second-order valence-corrected chi connectivity index (χ2v) is 6.42. The predicted octanol–water partition coefficient (Wildman–Crippen LogP) is 4.26. The van der Waals surface area contributed by atoms with Crippen LogP contribution < -0.4 is 5.32 Å². The fourth-order valence-corrected chi connectivity index (χ4v) is 3.25. The summed E-state index contributed by atoms with van der Waals surface area (Å²) in [6.45, 7) is 2.10. The van der Waals surface area contributed by atoms with Crippen molar-refractivity contribution >= 4 is 5.91 Å². The first-order valence-corrected chi connectivity index (χ1v) is 8.68. The molecule has 0 radical (unpaired) electrons. The average Bonchev–Trinajstić information content (AvgIpc) is 3.16. The molecule has 2 aromatic rings. The zero-order valence-electron chi connectivity index (χ0n) is 14.3. The number of carbonyl (C=O) groups is 1. The Morgan fingerprint density at radius 2 is 1.92 bits per heavy atom. The maximum absolute atomic E-state index is 12.8. The van der Waals surface area contributed by atoms with Gasteiger partial charge in [0.05, 0.1) is 17.9 Å².